The van der Waals surface area contributed by atoms with Crippen LogP contribution in [0.3, 0.4) is 0 Å². The number of rotatable bonds is 6. The molecule has 0 saturated carbocycles. The molecule has 1 amide bonds. The minimum atomic E-state index is -0.552. The average molecular weight is 354 g/mol. The number of nitrogens with one attached hydrogen (secondary N) is 1. The molecule has 0 aliphatic rings. The van der Waals surface area contributed by atoms with E-state index in [-0.39, 0.29) is 11.9 Å². The maximum Gasteiger partial charge on any atom is 0.261 e. The van der Waals surface area contributed by atoms with Crippen LogP contribution in [0.2, 0.25) is 0 Å². The molecule has 1 N–H and O–H groups in total. The van der Waals surface area contributed by atoms with Crippen LogP contribution in [0.25, 0.3) is 0 Å². The van der Waals surface area contributed by atoms with Gasteiger partial charge in [0.2, 0.25) is 0 Å². The van der Waals surface area contributed by atoms with Gasteiger partial charge in [0.1, 0.15) is 5.75 Å². The van der Waals surface area contributed by atoms with Crippen LogP contribution < -0.4 is 10.1 Å². The molecule has 2 aromatic carbocycles. The molecule has 0 heterocycles. The highest BCUT2D eigenvalue weighted by atomic mass is 16.5. The first-order chi connectivity index (χ1) is 12.2. The zero-order valence-corrected chi connectivity index (χ0v) is 17.0. The number of carbonyl (C=O) groups excluding carboxylic acids is 1. The zero-order chi connectivity index (χ0) is 19.4. The van der Waals surface area contributed by atoms with Crippen molar-refractivity contribution in [3.63, 3.8) is 0 Å². The van der Waals surface area contributed by atoms with Crippen molar-refractivity contribution in [3.05, 3.63) is 64.2 Å². The van der Waals surface area contributed by atoms with Crippen molar-refractivity contribution in [3.8, 4) is 5.75 Å². The zero-order valence-electron chi connectivity index (χ0n) is 17.0. The molecule has 0 radical (unpaired) electrons. The maximum atomic E-state index is 12.6. The van der Waals surface area contributed by atoms with Gasteiger partial charge >= 0.3 is 0 Å². The third-order valence-electron chi connectivity index (χ3n) is 4.92. The number of ether oxygens (including phenoxy) is 1. The molecule has 2 atom stereocenters. The van der Waals surface area contributed by atoms with Gasteiger partial charge in [-0.3, -0.25) is 4.79 Å². The Morgan fingerprint density at radius 1 is 0.885 bits per heavy atom. The molecule has 26 heavy (non-hydrogen) atoms. The first-order valence-corrected chi connectivity index (χ1v) is 9.34. The van der Waals surface area contributed by atoms with E-state index in [0.717, 1.165) is 16.9 Å². The minimum absolute atomic E-state index is 0.0619. The van der Waals surface area contributed by atoms with Gasteiger partial charge in [-0.25, -0.2) is 0 Å². The molecule has 3 heteroatoms. The van der Waals surface area contributed by atoms with Gasteiger partial charge in [-0.2, -0.15) is 0 Å². The predicted octanol–water partition coefficient (Wildman–Crippen LogP) is 5.38. The lowest BCUT2D eigenvalue weighted by Gasteiger charge is -2.22. The number of hydrogen-bond donors (Lipinski definition) is 1. The minimum Gasteiger partial charge on any atom is -0.481 e. The molecule has 0 unspecified atom stereocenters. The predicted molar refractivity (Wildman–Crippen MR) is 108 cm³/mol. The Hall–Kier alpha value is -2.29. The van der Waals surface area contributed by atoms with Crippen molar-refractivity contribution in [2.45, 2.75) is 66.5 Å². The van der Waals surface area contributed by atoms with Crippen LogP contribution in [-0.4, -0.2) is 12.0 Å². The van der Waals surface area contributed by atoms with E-state index in [2.05, 4.69) is 52.1 Å². The SMILES string of the molecule is Cc1cc(C)c([C@H](C)NC(=O)[C@H](C)Oc2ccccc2C(C)C)cc1C. The van der Waals surface area contributed by atoms with E-state index in [4.69, 9.17) is 4.74 Å². The summed E-state index contributed by atoms with van der Waals surface area (Å²) in [6.45, 7) is 14.4. The largest absolute Gasteiger partial charge is 0.481 e. The van der Waals surface area contributed by atoms with E-state index < -0.39 is 6.10 Å². The molecule has 0 spiro atoms. The summed E-state index contributed by atoms with van der Waals surface area (Å²) in [6, 6.07) is 12.2. The highest BCUT2D eigenvalue weighted by molar-refractivity contribution is 5.81. The highest BCUT2D eigenvalue weighted by Gasteiger charge is 2.20. The van der Waals surface area contributed by atoms with Crippen molar-refractivity contribution in [1.82, 2.24) is 5.32 Å². The fraction of sp³-hybridized carbons (Fsp3) is 0.435. The van der Waals surface area contributed by atoms with Gasteiger partial charge in [0.25, 0.3) is 5.91 Å². The normalized spacial score (nSPS) is 13.4. The van der Waals surface area contributed by atoms with Crippen LogP contribution in [0.4, 0.5) is 0 Å². The third kappa shape index (κ3) is 4.66. The molecule has 0 fully saturated rings. The molecule has 140 valence electrons. The Kier molecular flexibility index (Phi) is 6.47. The van der Waals surface area contributed by atoms with E-state index in [1.54, 1.807) is 6.92 Å². The van der Waals surface area contributed by atoms with Gasteiger partial charge in [0.05, 0.1) is 6.04 Å². The summed E-state index contributed by atoms with van der Waals surface area (Å²) < 4.78 is 5.97. The van der Waals surface area contributed by atoms with Crippen molar-refractivity contribution < 1.29 is 9.53 Å². The van der Waals surface area contributed by atoms with E-state index in [0.29, 0.717) is 5.92 Å². The summed E-state index contributed by atoms with van der Waals surface area (Å²) in [5.74, 6) is 1.02. The smallest absolute Gasteiger partial charge is 0.261 e. The van der Waals surface area contributed by atoms with Gasteiger partial charge in [-0.1, -0.05) is 44.2 Å². The molecular formula is C23H31NO2. The average Bonchev–Trinajstić information content (AvgIpc) is 2.58. The topological polar surface area (TPSA) is 38.3 Å². The lowest BCUT2D eigenvalue weighted by molar-refractivity contribution is -0.127. The summed E-state index contributed by atoms with van der Waals surface area (Å²) in [4.78, 5) is 12.6. The Bertz CT molecular complexity index is 780. The molecule has 0 saturated heterocycles. The molecule has 0 aliphatic heterocycles. The van der Waals surface area contributed by atoms with Crippen molar-refractivity contribution in [2.24, 2.45) is 0 Å². The van der Waals surface area contributed by atoms with E-state index in [9.17, 15) is 4.79 Å². The number of amides is 1. The molecule has 0 aliphatic carbocycles. The van der Waals surface area contributed by atoms with E-state index in [1.165, 1.54) is 16.7 Å². The summed E-state index contributed by atoms with van der Waals surface area (Å²) in [6.07, 6.45) is -0.552. The van der Waals surface area contributed by atoms with Crippen LogP contribution in [0.1, 0.15) is 67.5 Å². The molecular weight excluding hydrogens is 322 g/mol. The number of hydrogen-bond acceptors (Lipinski definition) is 2. The van der Waals surface area contributed by atoms with E-state index in [1.807, 2.05) is 31.2 Å². The standard InChI is InChI=1S/C23H31NO2/c1-14(2)20-10-8-9-11-22(20)26-19(7)23(25)24-18(6)21-13-16(4)15(3)12-17(21)5/h8-14,18-19H,1-7H3,(H,24,25)/t18-,19-/m0/s1. The fourth-order valence-corrected chi connectivity index (χ4v) is 3.17. The lowest BCUT2D eigenvalue weighted by atomic mass is 9.96. The van der Waals surface area contributed by atoms with Crippen molar-refractivity contribution in [1.29, 1.82) is 0 Å². The lowest BCUT2D eigenvalue weighted by Crippen LogP contribution is -2.38. The Labute approximate surface area is 157 Å². The van der Waals surface area contributed by atoms with Crippen molar-refractivity contribution >= 4 is 5.91 Å². The van der Waals surface area contributed by atoms with Gasteiger partial charge in [0, 0.05) is 0 Å². The van der Waals surface area contributed by atoms with Gasteiger partial charge in [-0.15, -0.1) is 0 Å². The molecule has 3 nitrogen and oxygen atoms in total. The molecule has 2 aromatic rings. The summed E-state index contributed by atoms with van der Waals surface area (Å²) in [5.41, 5.74) is 5.97. The van der Waals surface area contributed by atoms with E-state index >= 15 is 0 Å². The first kappa shape index (κ1) is 20.0. The quantitative estimate of drug-likeness (QED) is 0.757. The molecule has 0 aromatic heterocycles. The number of carbonyl (C=O) groups is 1. The van der Waals surface area contributed by atoms with Crippen LogP contribution in [0.15, 0.2) is 36.4 Å². The van der Waals surface area contributed by atoms with Gasteiger partial charge in [0.15, 0.2) is 6.10 Å². The Morgan fingerprint density at radius 3 is 2.15 bits per heavy atom. The second-order valence-corrected chi connectivity index (χ2v) is 7.48. The first-order valence-electron chi connectivity index (χ1n) is 9.34. The maximum absolute atomic E-state index is 12.6. The Balaban J connectivity index is 2.09. The van der Waals surface area contributed by atoms with Crippen molar-refractivity contribution in [2.75, 3.05) is 0 Å². The van der Waals surface area contributed by atoms with Crippen LogP contribution in [-0.2, 0) is 4.79 Å². The van der Waals surface area contributed by atoms with Crippen LogP contribution in [0, 0.1) is 20.8 Å². The van der Waals surface area contributed by atoms with Crippen LogP contribution >= 0.6 is 0 Å². The fourth-order valence-electron chi connectivity index (χ4n) is 3.17. The summed E-state index contributed by atoms with van der Waals surface area (Å²) in [5, 5.41) is 3.09. The highest BCUT2D eigenvalue weighted by Crippen LogP contribution is 2.27. The number of para-hydroxylation sites is 1. The third-order valence-corrected chi connectivity index (χ3v) is 4.92. The number of benzene rings is 2. The van der Waals surface area contributed by atoms with Gasteiger partial charge in [-0.05, 0) is 74.4 Å². The van der Waals surface area contributed by atoms with Crippen LogP contribution in [0.5, 0.6) is 5.75 Å². The summed E-state index contributed by atoms with van der Waals surface area (Å²) >= 11 is 0. The van der Waals surface area contributed by atoms with Gasteiger partial charge < -0.3 is 10.1 Å². The second kappa shape index (κ2) is 8.39. The molecule has 2 rings (SSSR count). The molecule has 0 bridgehead atoms. The Morgan fingerprint density at radius 2 is 1.50 bits per heavy atom. The second-order valence-electron chi connectivity index (χ2n) is 7.48. The number of aryl methyl sites for hydroxylation is 3. The monoisotopic (exact) mass is 353 g/mol. The summed E-state index contributed by atoms with van der Waals surface area (Å²) in [7, 11) is 0.